The van der Waals surface area contributed by atoms with Crippen LogP contribution in [0.2, 0.25) is 0 Å². The Kier molecular flexibility index (Phi) is 3.23. The van der Waals surface area contributed by atoms with Crippen molar-refractivity contribution in [2.75, 3.05) is 0 Å². The molecule has 116 valence electrons. The van der Waals surface area contributed by atoms with Crippen molar-refractivity contribution in [1.82, 2.24) is 14.5 Å². The number of aryl methyl sites for hydroxylation is 2. The van der Waals surface area contributed by atoms with Crippen molar-refractivity contribution >= 4 is 27.5 Å². The van der Waals surface area contributed by atoms with Crippen LogP contribution in [0.3, 0.4) is 0 Å². The van der Waals surface area contributed by atoms with Crippen LogP contribution in [-0.2, 0) is 24.2 Å². The molecule has 0 atom stereocenters. The first-order valence-corrected chi connectivity index (χ1v) is 8.14. The molecule has 3 aromatic rings. The zero-order valence-electron chi connectivity index (χ0n) is 12.2. The average Bonchev–Trinajstić information content (AvgIpc) is 3.10. The molecule has 0 spiro atoms. The van der Waals surface area contributed by atoms with E-state index >= 15 is 0 Å². The summed E-state index contributed by atoms with van der Waals surface area (Å²) in [5.41, 5.74) is 1.49. The molecule has 1 N–H and O–H groups in total. The molecule has 7 heteroatoms. The largest absolute Gasteiger partial charge is 0.480 e. The third-order valence-corrected chi connectivity index (χ3v) is 5.24. The normalized spacial score (nSPS) is 13.4. The van der Waals surface area contributed by atoms with E-state index < -0.39 is 12.5 Å². The molecule has 4 rings (SSSR count). The van der Waals surface area contributed by atoms with Gasteiger partial charge in [0.25, 0.3) is 5.56 Å². The summed E-state index contributed by atoms with van der Waals surface area (Å²) in [6.45, 7) is -0.399. The molecule has 0 radical (unpaired) electrons. The number of thiophene rings is 1. The molecule has 1 aliphatic carbocycles. The Balaban J connectivity index is 2.05. The van der Waals surface area contributed by atoms with E-state index in [0.717, 1.165) is 24.8 Å². The van der Waals surface area contributed by atoms with Gasteiger partial charge in [-0.1, -0.05) is 0 Å². The van der Waals surface area contributed by atoms with Gasteiger partial charge in [0.15, 0.2) is 0 Å². The van der Waals surface area contributed by atoms with E-state index in [0.29, 0.717) is 21.6 Å². The predicted molar refractivity (Wildman–Crippen MR) is 86.8 cm³/mol. The molecular weight excluding hydrogens is 314 g/mol. The van der Waals surface area contributed by atoms with Crippen LogP contribution in [0.1, 0.15) is 16.9 Å². The Hall–Kier alpha value is -2.54. The van der Waals surface area contributed by atoms with Crippen molar-refractivity contribution < 1.29 is 9.90 Å². The zero-order valence-corrected chi connectivity index (χ0v) is 13.0. The minimum atomic E-state index is -1.06. The Bertz CT molecular complexity index is 976. The minimum Gasteiger partial charge on any atom is -0.480 e. The van der Waals surface area contributed by atoms with Gasteiger partial charge in [-0.2, -0.15) is 0 Å². The second-order valence-corrected chi connectivity index (χ2v) is 6.58. The van der Waals surface area contributed by atoms with Crippen molar-refractivity contribution in [1.29, 1.82) is 0 Å². The molecule has 1 aliphatic rings. The van der Waals surface area contributed by atoms with Gasteiger partial charge in [0.05, 0.1) is 5.39 Å². The third kappa shape index (κ3) is 2.24. The van der Waals surface area contributed by atoms with Crippen molar-refractivity contribution in [3.63, 3.8) is 0 Å². The predicted octanol–water partition coefficient (Wildman–Crippen LogP) is 2.09. The maximum absolute atomic E-state index is 12.9. The van der Waals surface area contributed by atoms with Gasteiger partial charge in [0.2, 0.25) is 0 Å². The molecule has 0 saturated carbocycles. The molecule has 0 bridgehead atoms. The van der Waals surface area contributed by atoms with Crippen LogP contribution < -0.4 is 5.56 Å². The van der Waals surface area contributed by atoms with Gasteiger partial charge in [-0.25, -0.2) is 4.98 Å². The standard InChI is InChI=1S/C16H13N3O3S/c20-12(21)8-19-14(9-4-6-17-7-5-9)18-15-13(16(19)22)10-2-1-3-11(10)23-15/h4-7H,1-3,8H2,(H,20,21). The SMILES string of the molecule is O=C(O)Cn1c(-c2ccncc2)nc2sc3c(c2c1=O)CCC3. The van der Waals surface area contributed by atoms with Crippen LogP contribution in [0.5, 0.6) is 0 Å². The fourth-order valence-corrected chi connectivity index (χ4v) is 4.33. The Morgan fingerprint density at radius 2 is 2.09 bits per heavy atom. The molecule has 0 aromatic carbocycles. The first-order chi connectivity index (χ1) is 11.1. The summed E-state index contributed by atoms with van der Waals surface area (Å²) in [7, 11) is 0. The van der Waals surface area contributed by atoms with E-state index in [1.54, 1.807) is 35.9 Å². The second-order valence-electron chi connectivity index (χ2n) is 5.49. The summed E-state index contributed by atoms with van der Waals surface area (Å²) in [6, 6.07) is 3.46. The van der Waals surface area contributed by atoms with Gasteiger partial charge in [-0.3, -0.25) is 19.1 Å². The Morgan fingerprint density at radius 3 is 2.83 bits per heavy atom. The summed E-state index contributed by atoms with van der Waals surface area (Å²) < 4.78 is 1.26. The average molecular weight is 327 g/mol. The van der Waals surface area contributed by atoms with Crippen LogP contribution in [-0.4, -0.2) is 25.6 Å². The van der Waals surface area contributed by atoms with Crippen molar-refractivity contribution in [2.24, 2.45) is 0 Å². The lowest BCUT2D eigenvalue weighted by Gasteiger charge is -2.10. The number of fused-ring (bicyclic) bond motifs is 3. The fraction of sp³-hybridized carbons (Fsp3) is 0.250. The number of nitrogens with zero attached hydrogens (tertiary/aromatic N) is 3. The lowest BCUT2D eigenvalue weighted by Crippen LogP contribution is -2.27. The number of aromatic nitrogens is 3. The maximum atomic E-state index is 12.9. The van der Waals surface area contributed by atoms with Crippen LogP contribution in [0.25, 0.3) is 21.6 Å². The molecule has 0 unspecified atom stereocenters. The van der Waals surface area contributed by atoms with Gasteiger partial charge in [0, 0.05) is 22.8 Å². The summed E-state index contributed by atoms with van der Waals surface area (Å²) in [5.74, 6) is -0.678. The highest BCUT2D eigenvalue weighted by Gasteiger charge is 2.24. The smallest absolute Gasteiger partial charge is 0.323 e. The lowest BCUT2D eigenvalue weighted by atomic mass is 10.2. The van der Waals surface area contributed by atoms with Gasteiger partial charge >= 0.3 is 5.97 Å². The van der Waals surface area contributed by atoms with Gasteiger partial charge in [0.1, 0.15) is 17.2 Å². The minimum absolute atomic E-state index is 0.261. The maximum Gasteiger partial charge on any atom is 0.323 e. The molecule has 6 nitrogen and oxygen atoms in total. The summed E-state index contributed by atoms with van der Waals surface area (Å²) in [5, 5.41) is 9.78. The topological polar surface area (TPSA) is 85.1 Å². The van der Waals surface area contributed by atoms with Crippen molar-refractivity contribution in [3.8, 4) is 11.4 Å². The highest BCUT2D eigenvalue weighted by molar-refractivity contribution is 7.18. The Labute approximate surface area is 135 Å². The van der Waals surface area contributed by atoms with Gasteiger partial charge in [-0.15, -0.1) is 11.3 Å². The molecule has 0 fully saturated rings. The number of hydrogen-bond acceptors (Lipinski definition) is 5. The molecule has 23 heavy (non-hydrogen) atoms. The first-order valence-electron chi connectivity index (χ1n) is 7.32. The van der Waals surface area contributed by atoms with Crippen LogP contribution in [0.15, 0.2) is 29.3 Å². The molecule has 0 aliphatic heterocycles. The second kappa shape index (κ2) is 5.27. The molecular formula is C16H13N3O3S. The van der Waals surface area contributed by atoms with E-state index in [1.807, 2.05) is 0 Å². The van der Waals surface area contributed by atoms with Gasteiger partial charge < -0.3 is 5.11 Å². The highest BCUT2D eigenvalue weighted by Crippen LogP contribution is 2.35. The van der Waals surface area contributed by atoms with Crippen LogP contribution in [0.4, 0.5) is 0 Å². The van der Waals surface area contributed by atoms with Gasteiger partial charge in [-0.05, 0) is 37.0 Å². The molecule has 3 aromatic heterocycles. The third-order valence-electron chi connectivity index (χ3n) is 4.06. The van der Waals surface area contributed by atoms with E-state index in [4.69, 9.17) is 0 Å². The number of rotatable bonds is 3. The molecule has 0 saturated heterocycles. The van der Waals surface area contributed by atoms with E-state index in [-0.39, 0.29) is 5.56 Å². The number of hydrogen-bond donors (Lipinski definition) is 1. The number of aliphatic carboxylic acids is 1. The summed E-state index contributed by atoms with van der Waals surface area (Å²) >= 11 is 1.55. The lowest BCUT2D eigenvalue weighted by molar-refractivity contribution is -0.137. The number of carboxylic acids is 1. The Morgan fingerprint density at radius 1 is 1.30 bits per heavy atom. The fourth-order valence-electron chi connectivity index (χ4n) is 3.08. The summed E-state index contributed by atoms with van der Waals surface area (Å²) in [4.78, 5) is 34.6. The molecule has 3 heterocycles. The van der Waals surface area contributed by atoms with Crippen LogP contribution in [0, 0.1) is 0 Å². The van der Waals surface area contributed by atoms with E-state index in [9.17, 15) is 14.7 Å². The number of carbonyl (C=O) groups is 1. The monoisotopic (exact) mass is 327 g/mol. The van der Waals surface area contributed by atoms with E-state index in [2.05, 4.69) is 9.97 Å². The number of carboxylic acid groups (broad SMARTS) is 1. The van der Waals surface area contributed by atoms with Crippen molar-refractivity contribution in [3.05, 3.63) is 45.3 Å². The van der Waals surface area contributed by atoms with E-state index in [1.165, 1.54) is 9.44 Å². The van der Waals surface area contributed by atoms with Crippen molar-refractivity contribution in [2.45, 2.75) is 25.8 Å². The van der Waals surface area contributed by atoms with Crippen LogP contribution >= 0.6 is 11.3 Å². The highest BCUT2D eigenvalue weighted by atomic mass is 32.1. The zero-order chi connectivity index (χ0) is 16.0. The molecule has 0 amide bonds. The first kappa shape index (κ1) is 14.1. The quantitative estimate of drug-likeness (QED) is 0.796. The number of pyridine rings is 1. The summed E-state index contributed by atoms with van der Waals surface area (Å²) in [6.07, 6.45) is 6.09.